The first-order valence-electron chi connectivity index (χ1n) is 5.08. The maximum atomic E-state index is 13.0. The number of aromatic nitrogens is 1. The molecule has 1 aliphatic rings. The van der Waals surface area contributed by atoms with Gasteiger partial charge in [-0.25, -0.2) is 12.8 Å². The third-order valence-electron chi connectivity index (χ3n) is 2.64. The Balaban J connectivity index is 2.40. The van der Waals surface area contributed by atoms with Gasteiger partial charge in [-0.15, -0.1) is 0 Å². The molecule has 1 aromatic heterocycles. The van der Waals surface area contributed by atoms with Gasteiger partial charge in [0.15, 0.2) is 0 Å². The van der Waals surface area contributed by atoms with Crippen molar-refractivity contribution >= 4 is 10.0 Å². The van der Waals surface area contributed by atoms with Crippen molar-refractivity contribution in [1.29, 1.82) is 5.26 Å². The second kappa shape index (κ2) is 4.39. The van der Waals surface area contributed by atoms with Crippen molar-refractivity contribution in [1.82, 2.24) is 9.29 Å². The Kier molecular flexibility index (Phi) is 3.09. The van der Waals surface area contributed by atoms with Gasteiger partial charge in [-0.2, -0.15) is 9.57 Å². The van der Waals surface area contributed by atoms with Gasteiger partial charge in [0.1, 0.15) is 16.8 Å². The van der Waals surface area contributed by atoms with E-state index >= 15 is 0 Å². The number of rotatable bonds is 2. The lowest BCUT2D eigenvalue weighted by molar-refractivity contribution is 0.436. The Labute approximate surface area is 98.5 Å². The molecule has 1 unspecified atom stereocenters. The molecule has 0 aliphatic carbocycles. The smallest absolute Gasteiger partial charge is 0.245 e. The van der Waals surface area contributed by atoms with Crippen LogP contribution in [-0.4, -0.2) is 30.3 Å². The lowest BCUT2D eigenvalue weighted by atomic mass is 10.2. The summed E-state index contributed by atoms with van der Waals surface area (Å²) in [7, 11) is -3.81. The highest BCUT2D eigenvalue weighted by Gasteiger charge is 2.35. The Bertz CT molecular complexity index is 567. The van der Waals surface area contributed by atoms with Crippen molar-refractivity contribution in [3.63, 3.8) is 0 Å². The predicted molar refractivity (Wildman–Crippen MR) is 56.7 cm³/mol. The lowest BCUT2D eigenvalue weighted by Gasteiger charge is -2.18. The first-order valence-corrected chi connectivity index (χ1v) is 6.52. The topological polar surface area (TPSA) is 74.1 Å². The summed E-state index contributed by atoms with van der Waals surface area (Å²) >= 11 is 0. The maximum absolute atomic E-state index is 13.0. The molecule has 2 rings (SSSR count). The minimum absolute atomic E-state index is 0.209. The molecule has 1 aromatic rings. The molecule has 0 bridgehead atoms. The van der Waals surface area contributed by atoms with Gasteiger partial charge in [-0.1, -0.05) is 0 Å². The van der Waals surface area contributed by atoms with Crippen LogP contribution in [0.15, 0.2) is 23.4 Å². The van der Waals surface area contributed by atoms with Gasteiger partial charge in [-0.05, 0) is 18.9 Å². The van der Waals surface area contributed by atoms with Crippen LogP contribution in [0.2, 0.25) is 0 Å². The van der Waals surface area contributed by atoms with Crippen molar-refractivity contribution < 1.29 is 12.8 Å². The Morgan fingerprint density at radius 1 is 1.53 bits per heavy atom. The molecule has 5 nitrogen and oxygen atoms in total. The number of hydrogen-bond acceptors (Lipinski definition) is 4. The van der Waals surface area contributed by atoms with Crippen LogP contribution in [0.5, 0.6) is 0 Å². The SMILES string of the molecule is N#CC1CCCN1S(=O)(=O)c1cncc(F)c1. The summed E-state index contributed by atoms with van der Waals surface area (Å²) < 4.78 is 38.3. The van der Waals surface area contributed by atoms with Crippen molar-refractivity contribution in [2.24, 2.45) is 0 Å². The van der Waals surface area contributed by atoms with E-state index in [0.717, 1.165) is 22.8 Å². The van der Waals surface area contributed by atoms with E-state index in [4.69, 9.17) is 5.26 Å². The average molecular weight is 255 g/mol. The van der Waals surface area contributed by atoms with Crippen molar-refractivity contribution in [2.75, 3.05) is 6.54 Å². The molecular formula is C10H10FN3O2S. The van der Waals surface area contributed by atoms with Crippen LogP contribution < -0.4 is 0 Å². The maximum Gasteiger partial charge on any atom is 0.245 e. The van der Waals surface area contributed by atoms with E-state index in [0.29, 0.717) is 12.8 Å². The van der Waals surface area contributed by atoms with Crippen LogP contribution in [0.4, 0.5) is 4.39 Å². The zero-order valence-electron chi connectivity index (χ0n) is 8.88. The fourth-order valence-corrected chi connectivity index (χ4v) is 3.41. The van der Waals surface area contributed by atoms with Gasteiger partial charge in [-0.3, -0.25) is 4.98 Å². The molecule has 1 saturated heterocycles. The van der Waals surface area contributed by atoms with E-state index in [-0.39, 0.29) is 11.4 Å². The van der Waals surface area contributed by atoms with E-state index in [9.17, 15) is 12.8 Å². The lowest BCUT2D eigenvalue weighted by Crippen LogP contribution is -2.34. The molecule has 1 aliphatic heterocycles. The van der Waals surface area contributed by atoms with E-state index < -0.39 is 21.9 Å². The van der Waals surface area contributed by atoms with Crippen molar-refractivity contribution in [2.45, 2.75) is 23.8 Å². The Morgan fingerprint density at radius 2 is 2.29 bits per heavy atom. The average Bonchev–Trinajstić information content (AvgIpc) is 2.77. The molecule has 90 valence electrons. The van der Waals surface area contributed by atoms with Crippen LogP contribution >= 0.6 is 0 Å². The fraction of sp³-hybridized carbons (Fsp3) is 0.400. The molecule has 0 aromatic carbocycles. The molecule has 17 heavy (non-hydrogen) atoms. The minimum Gasteiger partial charge on any atom is -0.260 e. The Hall–Kier alpha value is -1.52. The third kappa shape index (κ3) is 2.14. The summed E-state index contributed by atoms with van der Waals surface area (Å²) in [6.45, 7) is 0.289. The van der Waals surface area contributed by atoms with Gasteiger partial charge in [0, 0.05) is 12.7 Å². The first kappa shape index (κ1) is 12.0. The fourth-order valence-electron chi connectivity index (χ4n) is 1.83. The normalized spacial score (nSPS) is 21.3. The van der Waals surface area contributed by atoms with Crippen LogP contribution in [-0.2, 0) is 10.0 Å². The molecule has 7 heteroatoms. The van der Waals surface area contributed by atoms with Crippen LogP contribution in [0, 0.1) is 17.1 Å². The number of nitrogens with zero attached hydrogens (tertiary/aromatic N) is 3. The molecule has 1 atom stereocenters. The number of nitriles is 1. The number of hydrogen-bond donors (Lipinski definition) is 0. The highest BCUT2D eigenvalue weighted by molar-refractivity contribution is 7.89. The number of sulfonamides is 1. The molecule has 0 spiro atoms. The summed E-state index contributed by atoms with van der Waals surface area (Å²) in [4.78, 5) is 3.30. The minimum atomic E-state index is -3.81. The summed E-state index contributed by atoms with van der Waals surface area (Å²) in [5.41, 5.74) is 0. The van der Waals surface area contributed by atoms with E-state index in [1.165, 1.54) is 0 Å². The van der Waals surface area contributed by atoms with Crippen LogP contribution in [0.1, 0.15) is 12.8 Å². The molecule has 2 heterocycles. The Morgan fingerprint density at radius 3 is 2.94 bits per heavy atom. The van der Waals surface area contributed by atoms with Gasteiger partial charge >= 0.3 is 0 Å². The quantitative estimate of drug-likeness (QED) is 0.786. The highest BCUT2D eigenvalue weighted by atomic mass is 32.2. The molecular weight excluding hydrogens is 245 g/mol. The summed E-state index contributed by atoms with van der Waals surface area (Å²) in [6, 6.07) is 2.19. The second-order valence-corrected chi connectivity index (χ2v) is 5.63. The molecule has 0 saturated carbocycles. The van der Waals surface area contributed by atoms with Gasteiger partial charge in [0.25, 0.3) is 0 Å². The highest BCUT2D eigenvalue weighted by Crippen LogP contribution is 2.25. The molecule has 0 amide bonds. The zero-order chi connectivity index (χ0) is 12.5. The monoisotopic (exact) mass is 255 g/mol. The third-order valence-corrected chi connectivity index (χ3v) is 4.51. The van der Waals surface area contributed by atoms with Gasteiger partial charge in [0.2, 0.25) is 10.0 Å². The van der Waals surface area contributed by atoms with Crippen LogP contribution in [0.25, 0.3) is 0 Å². The zero-order valence-corrected chi connectivity index (χ0v) is 9.69. The second-order valence-electron chi connectivity index (χ2n) is 3.74. The predicted octanol–water partition coefficient (Wildman–Crippen LogP) is 0.897. The molecule has 1 fully saturated rings. The number of pyridine rings is 1. The van der Waals surface area contributed by atoms with Crippen molar-refractivity contribution in [3.05, 3.63) is 24.3 Å². The standard InChI is InChI=1S/C10H10FN3O2S/c11-8-4-10(7-13-6-8)17(15,16)14-3-1-2-9(14)5-12/h4,6-7,9H,1-3H2. The first-order chi connectivity index (χ1) is 8.05. The van der Waals surface area contributed by atoms with Crippen molar-refractivity contribution in [3.8, 4) is 6.07 Å². The summed E-state index contributed by atoms with van der Waals surface area (Å²) in [6.07, 6.45) is 3.18. The van der Waals surface area contributed by atoms with E-state index in [1.54, 1.807) is 0 Å². The largest absolute Gasteiger partial charge is 0.260 e. The van der Waals surface area contributed by atoms with Gasteiger partial charge < -0.3 is 0 Å². The van der Waals surface area contributed by atoms with Crippen LogP contribution in [0.3, 0.4) is 0 Å². The number of halogens is 1. The molecule has 0 N–H and O–H groups in total. The molecule has 0 radical (unpaired) electrons. The van der Waals surface area contributed by atoms with Gasteiger partial charge in [0.05, 0.1) is 12.3 Å². The summed E-state index contributed by atoms with van der Waals surface area (Å²) in [5.74, 6) is -0.709. The van der Waals surface area contributed by atoms with E-state index in [2.05, 4.69) is 4.98 Å². The summed E-state index contributed by atoms with van der Waals surface area (Å²) in [5, 5.41) is 8.86. The van der Waals surface area contributed by atoms with E-state index in [1.807, 2.05) is 6.07 Å².